The molecule has 1 aliphatic rings. The van der Waals surface area contributed by atoms with Crippen LogP contribution < -0.4 is 20.1 Å². The number of urea groups is 1. The first-order valence-electron chi connectivity index (χ1n) is 6.88. The first-order chi connectivity index (χ1) is 12.1. The molecule has 2 amide bonds. The van der Waals surface area contributed by atoms with Crippen molar-refractivity contribution in [1.82, 2.24) is 5.32 Å². The number of hydrogen-bond donors (Lipinski definition) is 2. The van der Waals surface area contributed by atoms with Crippen molar-refractivity contribution in [2.45, 2.75) is 12.1 Å². The second-order valence-electron chi connectivity index (χ2n) is 5.12. The van der Waals surface area contributed by atoms with Gasteiger partial charge in [0.15, 0.2) is 11.5 Å². The Bertz CT molecular complexity index is 831. The normalized spacial score (nSPS) is 14.8. The molecule has 1 aliphatic heterocycles. The molecule has 0 saturated carbocycles. The maximum Gasteiger partial charge on any atom is 0.492 e. The van der Waals surface area contributed by atoms with E-state index in [9.17, 15) is 18.0 Å². The van der Waals surface area contributed by atoms with Gasteiger partial charge in [0.1, 0.15) is 0 Å². The number of ether oxygens (including phenoxy) is 2. The predicted octanol–water partition coefficient (Wildman–Crippen LogP) is 5.56. The van der Waals surface area contributed by atoms with E-state index in [0.29, 0.717) is 0 Å². The van der Waals surface area contributed by atoms with Crippen LogP contribution in [0.1, 0.15) is 0 Å². The van der Waals surface area contributed by atoms with E-state index in [2.05, 4.69) is 21.2 Å². The van der Waals surface area contributed by atoms with Crippen LogP contribution in [0.25, 0.3) is 0 Å². The molecule has 0 atom stereocenters. The quantitative estimate of drug-likeness (QED) is 0.602. The van der Waals surface area contributed by atoms with E-state index < -0.39 is 18.1 Å². The van der Waals surface area contributed by atoms with Gasteiger partial charge in [-0.2, -0.15) is 13.2 Å². The molecule has 0 unspecified atom stereocenters. The molecule has 2 aromatic carbocycles. The van der Waals surface area contributed by atoms with Crippen molar-refractivity contribution in [3.05, 3.63) is 50.9 Å². The van der Waals surface area contributed by atoms with Gasteiger partial charge in [-0.05, 0) is 24.3 Å². The first kappa shape index (κ1) is 18.9. The van der Waals surface area contributed by atoms with Crippen molar-refractivity contribution in [3.63, 3.8) is 0 Å². The fraction of sp³-hybridized carbons (Fsp3) is 0.133. The van der Waals surface area contributed by atoms with E-state index in [4.69, 9.17) is 32.7 Å². The molecule has 0 spiro atoms. The molecule has 2 N–H and O–H groups in total. The fourth-order valence-corrected chi connectivity index (χ4v) is 2.65. The van der Waals surface area contributed by atoms with E-state index in [1.165, 1.54) is 12.1 Å². The van der Waals surface area contributed by atoms with Gasteiger partial charge in [-0.15, -0.1) is 0 Å². The van der Waals surface area contributed by atoms with Crippen molar-refractivity contribution in [1.29, 1.82) is 0 Å². The van der Waals surface area contributed by atoms with Crippen LogP contribution in [0.5, 0.6) is 11.5 Å². The molecule has 11 heteroatoms. The van der Waals surface area contributed by atoms with Crippen LogP contribution in [-0.2, 0) is 0 Å². The molecule has 5 nitrogen and oxygen atoms in total. The van der Waals surface area contributed by atoms with Gasteiger partial charge in [-0.25, -0.2) is 4.79 Å². The maximum atomic E-state index is 13.6. The van der Waals surface area contributed by atoms with Crippen LogP contribution in [0.2, 0.25) is 10.0 Å². The molecule has 3 rings (SSSR count). The van der Waals surface area contributed by atoms with Crippen LogP contribution in [0.15, 0.2) is 40.9 Å². The Balaban J connectivity index is 1.84. The molecule has 0 aromatic heterocycles. The predicted molar refractivity (Wildman–Crippen MR) is 92.8 cm³/mol. The summed E-state index contributed by atoms with van der Waals surface area (Å²) in [6.07, 6.45) is -5.10. The Labute approximate surface area is 163 Å². The second kappa shape index (κ2) is 6.71. The lowest BCUT2D eigenvalue weighted by molar-refractivity contribution is -0.317. The number of carbonyl (C=O) groups is 1. The fourth-order valence-electron chi connectivity index (χ4n) is 2.08. The Morgan fingerprint density at radius 2 is 1.54 bits per heavy atom. The lowest BCUT2D eigenvalue weighted by atomic mass is 10.3. The highest BCUT2D eigenvalue weighted by Crippen LogP contribution is 2.47. The smallest absolute Gasteiger partial charge is 0.424 e. The standard InChI is InChI=1S/C15H8BrCl2F3N2O3/c16-7-1-3-8(4-2-7)22-13(24)23-15(14(19,20)21)25-11-5-9(17)10(18)6-12(11)26-15/h1-6H,(H2,22,23,24). The molecule has 2 aromatic rings. The maximum absolute atomic E-state index is 13.6. The third-order valence-corrected chi connectivity index (χ3v) is 4.50. The number of carbonyl (C=O) groups excluding carboxylic acids is 1. The molecule has 0 fully saturated rings. The van der Waals surface area contributed by atoms with Crippen molar-refractivity contribution >= 4 is 50.9 Å². The Morgan fingerprint density at radius 1 is 1.04 bits per heavy atom. The topological polar surface area (TPSA) is 59.6 Å². The van der Waals surface area contributed by atoms with Crippen molar-refractivity contribution in [2.24, 2.45) is 0 Å². The number of amides is 2. The first-order valence-corrected chi connectivity index (χ1v) is 8.43. The summed E-state index contributed by atoms with van der Waals surface area (Å²) in [5.74, 6) is -4.02. The van der Waals surface area contributed by atoms with Gasteiger partial charge in [0.2, 0.25) is 0 Å². The number of rotatable bonds is 2. The van der Waals surface area contributed by atoms with Crippen molar-refractivity contribution in [2.75, 3.05) is 5.32 Å². The molecule has 138 valence electrons. The summed E-state index contributed by atoms with van der Waals surface area (Å²) in [5.41, 5.74) is 0.268. The molecule has 0 aliphatic carbocycles. The Kier molecular flexibility index (Phi) is 4.89. The number of fused-ring (bicyclic) bond motifs is 1. The number of hydrogen-bond acceptors (Lipinski definition) is 3. The van der Waals surface area contributed by atoms with Gasteiger partial charge >= 0.3 is 18.1 Å². The SMILES string of the molecule is O=C(Nc1ccc(Br)cc1)NC1(C(F)(F)F)Oc2cc(Cl)c(Cl)cc2O1. The summed E-state index contributed by atoms with van der Waals surface area (Å²) in [6.45, 7) is 0. The van der Waals surface area contributed by atoms with Crippen LogP contribution in [0, 0.1) is 0 Å². The minimum atomic E-state index is -5.10. The van der Waals surface area contributed by atoms with Crippen LogP contribution >= 0.6 is 39.1 Å². The third-order valence-electron chi connectivity index (χ3n) is 3.25. The minimum absolute atomic E-state index is 0.0219. The van der Waals surface area contributed by atoms with Crippen LogP contribution in [0.3, 0.4) is 0 Å². The monoisotopic (exact) mass is 470 g/mol. The Hall–Kier alpha value is -1.84. The summed E-state index contributed by atoms with van der Waals surface area (Å²) >= 11 is 14.8. The highest BCUT2D eigenvalue weighted by Gasteiger charge is 2.65. The largest absolute Gasteiger partial charge is 0.492 e. The third kappa shape index (κ3) is 3.65. The lowest BCUT2D eigenvalue weighted by Gasteiger charge is -2.29. The van der Waals surface area contributed by atoms with Crippen LogP contribution in [-0.4, -0.2) is 18.1 Å². The second-order valence-corrected chi connectivity index (χ2v) is 6.85. The Morgan fingerprint density at radius 3 is 2.00 bits per heavy atom. The van der Waals surface area contributed by atoms with E-state index in [-0.39, 0.29) is 27.2 Å². The summed E-state index contributed by atoms with van der Waals surface area (Å²) in [4.78, 5) is 12.0. The van der Waals surface area contributed by atoms with Crippen molar-refractivity contribution < 1.29 is 27.4 Å². The zero-order chi connectivity index (χ0) is 19.1. The number of anilines is 1. The minimum Gasteiger partial charge on any atom is -0.424 e. The number of nitrogens with one attached hydrogen (secondary N) is 2. The average molecular weight is 472 g/mol. The molecule has 0 saturated heterocycles. The van der Waals surface area contributed by atoms with Gasteiger partial charge in [0, 0.05) is 22.3 Å². The van der Waals surface area contributed by atoms with Gasteiger partial charge in [0.25, 0.3) is 0 Å². The van der Waals surface area contributed by atoms with E-state index >= 15 is 0 Å². The van der Waals surface area contributed by atoms with E-state index in [1.54, 1.807) is 17.4 Å². The summed E-state index contributed by atoms with van der Waals surface area (Å²) < 4.78 is 51.2. The molecule has 0 bridgehead atoms. The highest BCUT2D eigenvalue weighted by molar-refractivity contribution is 9.10. The molecular weight excluding hydrogens is 464 g/mol. The number of alkyl halides is 3. The zero-order valence-electron chi connectivity index (χ0n) is 12.5. The summed E-state index contributed by atoms with van der Waals surface area (Å²) in [5, 5.41) is 3.88. The van der Waals surface area contributed by atoms with Gasteiger partial charge in [-0.3, -0.25) is 5.32 Å². The van der Waals surface area contributed by atoms with Gasteiger partial charge in [-0.1, -0.05) is 39.1 Å². The van der Waals surface area contributed by atoms with Crippen molar-refractivity contribution in [3.8, 4) is 11.5 Å². The van der Waals surface area contributed by atoms with E-state index in [1.807, 2.05) is 0 Å². The van der Waals surface area contributed by atoms with Gasteiger partial charge in [0.05, 0.1) is 10.0 Å². The lowest BCUT2D eigenvalue weighted by Crippen LogP contribution is -2.65. The number of halogens is 6. The average Bonchev–Trinajstić information content (AvgIpc) is 2.88. The highest BCUT2D eigenvalue weighted by atomic mass is 79.9. The number of benzene rings is 2. The van der Waals surface area contributed by atoms with E-state index in [0.717, 1.165) is 16.6 Å². The summed E-state index contributed by atoms with van der Waals surface area (Å²) in [7, 11) is 0. The van der Waals surface area contributed by atoms with Crippen LogP contribution in [0.4, 0.5) is 23.7 Å². The molecule has 0 radical (unpaired) electrons. The summed E-state index contributed by atoms with van der Waals surface area (Å²) in [6, 6.07) is 7.16. The van der Waals surface area contributed by atoms with Gasteiger partial charge < -0.3 is 14.8 Å². The molecular formula is C15H8BrCl2F3N2O3. The zero-order valence-corrected chi connectivity index (χ0v) is 15.6. The molecule has 26 heavy (non-hydrogen) atoms. The molecule has 1 heterocycles.